The molecule has 2 aliphatic carbocycles. The maximum atomic E-state index is 12.0. The van der Waals surface area contributed by atoms with Crippen molar-refractivity contribution in [2.24, 2.45) is 5.92 Å². The number of rotatable bonds is 7. The third-order valence-electron chi connectivity index (χ3n) is 5.81. The lowest BCUT2D eigenvalue weighted by Gasteiger charge is -2.24. The summed E-state index contributed by atoms with van der Waals surface area (Å²) in [6.07, 6.45) is 10.5. The van der Waals surface area contributed by atoms with E-state index in [1.54, 1.807) is 0 Å². The van der Waals surface area contributed by atoms with Crippen molar-refractivity contribution in [3.63, 3.8) is 0 Å². The Hall–Kier alpha value is -1.30. The van der Waals surface area contributed by atoms with Gasteiger partial charge in [-0.1, -0.05) is 19.3 Å². The molecule has 1 aliphatic heterocycles. The van der Waals surface area contributed by atoms with E-state index in [0.717, 1.165) is 44.8 Å². The van der Waals surface area contributed by atoms with E-state index in [2.05, 4.69) is 20.9 Å². The van der Waals surface area contributed by atoms with Gasteiger partial charge in [0, 0.05) is 44.2 Å². The Labute approximate surface area is 145 Å². The second-order valence-electron chi connectivity index (χ2n) is 7.59. The minimum absolute atomic E-state index is 0.0707. The summed E-state index contributed by atoms with van der Waals surface area (Å²) in [6.45, 7) is 3.36. The Kier molecular flexibility index (Phi) is 6.35. The van der Waals surface area contributed by atoms with Gasteiger partial charge in [-0.25, -0.2) is 4.79 Å². The Balaban J connectivity index is 1.22. The van der Waals surface area contributed by atoms with Gasteiger partial charge in [-0.05, 0) is 38.5 Å². The summed E-state index contributed by atoms with van der Waals surface area (Å²) in [6, 6.07) is 0.960. The molecule has 0 bridgehead atoms. The first kappa shape index (κ1) is 17.5. The molecule has 0 aromatic rings. The molecule has 3 N–H and O–H groups in total. The molecular weight excluding hydrogens is 304 g/mol. The van der Waals surface area contributed by atoms with Gasteiger partial charge in [0.1, 0.15) is 0 Å². The highest BCUT2D eigenvalue weighted by Crippen LogP contribution is 2.27. The predicted octanol–water partition coefficient (Wildman–Crippen LogP) is 1.61. The highest BCUT2D eigenvalue weighted by molar-refractivity contribution is 5.79. The first-order valence-electron chi connectivity index (χ1n) is 9.78. The summed E-state index contributed by atoms with van der Waals surface area (Å²) in [7, 11) is 0. The van der Waals surface area contributed by atoms with E-state index in [0.29, 0.717) is 13.1 Å². The van der Waals surface area contributed by atoms with Gasteiger partial charge in [0.2, 0.25) is 5.91 Å². The molecule has 136 valence electrons. The molecule has 0 aromatic carbocycles. The SMILES string of the molecule is O=C(NCCCNC(=O)C1CCC1)N[C@H]1CCN(C2CCCC2)C1. The van der Waals surface area contributed by atoms with Gasteiger partial charge in [-0.15, -0.1) is 0 Å². The van der Waals surface area contributed by atoms with Crippen molar-refractivity contribution in [1.82, 2.24) is 20.9 Å². The predicted molar refractivity (Wildman–Crippen MR) is 93.7 cm³/mol. The zero-order chi connectivity index (χ0) is 16.8. The second-order valence-corrected chi connectivity index (χ2v) is 7.59. The molecule has 3 fully saturated rings. The van der Waals surface area contributed by atoms with Crippen molar-refractivity contribution in [2.45, 2.75) is 69.9 Å². The maximum absolute atomic E-state index is 12.0. The van der Waals surface area contributed by atoms with Crippen molar-refractivity contribution in [2.75, 3.05) is 26.2 Å². The molecule has 1 atom stereocenters. The lowest BCUT2D eigenvalue weighted by molar-refractivity contribution is -0.127. The Bertz CT molecular complexity index is 433. The fourth-order valence-corrected chi connectivity index (χ4v) is 4.06. The average Bonchev–Trinajstić information content (AvgIpc) is 3.15. The van der Waals surface area contributed by atoms with Crippen LogP contribution in [0.15, 0.2) is 0 Å². The van der Waals surface area contributed by atoms with Gasteiger partial charge >= 0.3 is 6.03 Å². The lowest BCUT2D eigenvalue weighted by atomic mass is 9.85. The van der Waals surface area contributed by atoms with E-state index in [9.17, 15) is 9.59 Å². The molecule has 3 aliphatic rings. The van der Waals surface area contributed by atoms with Crippen LogP contribution in [0.5, 0.6) is 0 Å². The first-order valence-corrected chi connectivity index (χ1v) is 9.78. The Morgan fingerprint density at radius 2 is 1.67 bits per heavy atom. The number of urea groups is 1. The molecular formula is C18H32N4O2. The quantitative estimate of drug-likeness (QED) is 0.619. The van der Waals surface area contributed by atoms with Gasteiger partial charge < -0.3 is 16.0 Å². The molecule has 3 rings (SSSR count). The van der Waals surface area contributed by atoms with Crippen molar-refractivity contribution >= 4 is 11.9 Å². The summed E-state index contributed by atoms with van der Waals surface area (Å²) >= 11 is 0. The third kappa shape index (κ3) is 4.85. The summed E-state index contributed by atoms with van der Waals surface area (Å²) in [5.41, 5.74) is 0. The van der Waals surface area contributed by atoms with Gasteiger partial charge in [-0.2, -0.15) is 0 Å². The van der Waals surface area contributed by atoms with Crippen LogP contribution >= 0.6 is 0 Å². The lowest BCUT2D eigenvalue weighted by Crippen LogP contribution is -2.44. The number of nitrogens with zero attached hydrogens (tertiary/aromatic N) is 1. The molecule has 0 radical (unpaired) electrons. The monoisotopic (exact) mass is 336 g/mol. The molecule has 24 heavy (non-hydrogen) atoms. The molecule has 2 saturated carbocycles. The summed E-state index contributed by atoms with van der Waals surface area (Å²) in [4.78, 5) is 26.2. The van der Waals surface area contributed by atoms with Gasteiger partial charge in [-0.3, -0.25) is 9.69 Å². The van der Waals surface area contributed by atoms with E-state index in [4.69, 9.17) is 0 Å². The van der Waals surface area contributed by atoms with Crippen molar-refractivity contribution in [1.29, 1.82) is 0 Å². The van der Waals surface area contributed by atoms with E-state index in [-0.39, 0.29) is 23.9 Å². The number of amides is 3. The number of carbonyl (C=O) groups is 2. The second kappa shape index (κ2) is 8.70. The average molecular weight is 336 g/mol. The number of nitrogens with one attached hydrogen (secondary N) is 3. The smallest absolute Gasteiger partial charge is 0.315 e. The fourth-order valence-electron chi connectivity index (χ4n) is 4.06. The molecule has 1 saturated heterocycles. The standard InChI is InChI=1S/C18H32N4O2/c23-17(14-5-3-6-14)19-10-4-11-20-18(24)21-15-9-12-22(13-15)16-7-1-2-8-16/h14-16H,1-13H2,(H,19,23)(H2,20,21,24)/t15-/m0/s1. The number of carbonyl (C=O) groups excluding carboxylic acids is 2. The van der Waals surface area contributed by atoms with Gasteiger partial charge in [0.15, 0.2) is 0 Å². The molecule has 0 spiro atoms. The van der Waals surface area contributed by atoms with Crippen LogP contribution in [-0.2, 0) is 4.79 Å². The van der Waals surface area contributed by atoms with Gasteiger partial charge in [0.05, 0.1) is 0 Å². The molecule has 1 heterocycles. The van der Waals surface area contributed by atoms with Crippen LogP contribution in [0.4, 0.5) is 4.79 Å². The van der Waals surface area contributed by atoms with E-state index < -0.39 is 0 Å². The first-order chi connectivity index (χ1) is 11.7. The molecule has 0 aromatic heterocycles. The van der Waals surface area contributed by atoms with Crippen LogP contribution in [0.25, 0.3) is 0 Å². The van der Waals surface area contributed by atoms with Crippen molar-refractivity contribution in [3.05, 3.63) is 0 Å². The van der Waals surface area contributed by atoms with E-state index >= 15 is 0 Å². The minimum atomic E-state index is -0.0707. The highest BCUT2D eigenvalue weighted by atomic mass is 16.2. The molecule has 6 heteroatoms. The van der Waals surface area contributed by atoms with Crippen molar-refractivity contribution in [3.8, 4) is 0 Å². The minimum Gasteiger partial charge on any atom is -0.356 e. The highest BCUT2D eigenvalue weighted by Gasteiger charge is 2.30. The number of hydrogen-bond acceptors (Lipinski definition) is 3. The molecule has 6 nitrogen and oxygen atoms in total. The normalized spacial score (nSPS) is 25.4. The number of hydrogen-bond donors (Lipinski definition) is 3. The summed E-state index contributed by atoms with van der Waals surface area (Å²) < 4.78 is 0. The van der Waals surface area contributed by atoms with Crippen LogP contribution in [0.3, 0.4) is 0 Å². The Morgan fingerprint density at radius 3 is 2.38 bits per heavy atom. The van der Waals surface area contributed by atoms with E-state index in [1.165, 1.54) is 32.1 Å². The van der Waals surface area contributed by atoms with Gasteiger partial charge in [0.25, 0.3) is 0 Å². The van der Waals surface area contributed by atoms with Crippen LogP contribution < -0.4 is 16.0 Å². The Morgan fingerprint density at radius 1 is 0.917 bits per heavy atom. The van der Waals surface area contributed by atoms with Crippen LogP contribution in [0, 0.1) is 5.92 Å². The van der Waals surface area contributed by atoms with Crippen molar-refractivity contribution < 1.29 is 9.59 Å². The third-order valence-corrected chi connectivity index (χ3v) is 5.81. The zero-order valence-corrected chi connectivity index (χ0v) is 14.7. The maximum Gasteiger partial charge on any atom is 0.315 e. The molecule has 0 unspecified atom stereocenters. The van der Waals surface area contributed by atoms with E-state index in [1.807, 2.05) is 0 Å². The summed E-state index contributed by atoms with van der Waals surface area (Å²) in [5, 5.41) is 8.95. The number of likely N-dealkylation sites (tertiary alicyclic amines) is 1. The zero-order valence-electron chi connectivity index (χ0n) is 14.7. The fraction of sp³-hybridized carbons (Fsp3) is 0.889. The van der Waals surface area contributed by atoms with Crippen LogP contribution in [0.2, 0.25) is 0 Å². The summed E-state index contributed by atoms with van der Waals surface area (Å²) in [5.74, 6) is 0.426. The van der Waals surface area contributed by atoms with Crippen LogP contribution in [0.1, 0.15) is 57.8 Å². The topological polar surface area (TPSA) is 73.5 Å². The van der Waals surface area contributed by atoms with Crippen LogP contribution in [-0.4, -0.2) is 55.1 Å². The molecule has 3 amide bonds. The largest absolute Gasteiger partial charge is 0.356 e.